The standard InChI is InChI=1S/C12H17NO2S/c1-8-13-11(7-16-8)6-9-2-4-10(5-3-9)12(14)15/h7,9-10H,2-6H2,1H3,(H,14,15)/t9-,10-. The van der Waals surface area contributed by atoms with E-state index in [2.05, 4.69) is 10.4 Å². The van der Waals surface area contributed by atoms with Crippen molar-refractivity contribution in [3.05, 3.63) is 16.1 Å². The predicted octanol–water partition coefficient (Wildman–Crippen LogP) is 2.89. The zero-order valence-electron chi connectivity index (χ0n) is 9.48. The molecule has 16 heavy (non-hydrogen) atoms. The molecule has 2 rings (SSSR count). The van der Waals surface area contributed by atoms with Gasteiger partial charge in [-0.3, -0.25) is 4.79 Å². The highest BCUT2D eigenvalue weighted by Gasteiger charge is 2.26. The van der Waals surface area contributed by atoms with Crippen LogP contribution >= 0.6 is 11.3 Å². The Morgan fingerprint density at radius 3 is 2.69 bits per heavy atom. The van der Waals surface area contributed by atoms with Crippen LogP contribution in [-0.2, 0) is 11.2 Å². The van der Waals surface area contributed by atoms with Gasteiger partial charge in [-0.05, 0) is 44.9 Å². The first kappa shape index (κ1) is 11.6. The van der Waals surface area contributed by atoms with Crippen LogP contribution in [0.5, 0.6) is 0 Å². The number of hydrogen-bond acceptors (Lipinski definition) is 3. The van der Waals surface area contributed by atoms with Crippen molar-refractivity contribution in [2.75, 3.05) is 0 Å². The van der Waals surface area contributed by atoms with E-state index >= 15 is 0 Å². The van der Waals surface area contributed by atoms with Crippen LogP contribution in [0.3, 0.4) is 0 Å². The molecule has 1 aliphatic carbocycles. The molecule has 1 heterocycles. The van der Waals surface area contributed by atoms with Gasteiger partial charge in [-0.25, -0.2) is 4.98 Å². The summed E-state index contributed by atoms with van der Waals surface area (Å²) in [6, 6.07) is 0. The van der Waals surface area contributed by atoms with Crippen LogP contribution in [0.1, 0.15) is 36.4 Å². The highest BCUT2D eigenvalue weighted by atomic mass is 32.1. The van der Waals surface area contributed by atoms with E-state index in [9.17, 15) is 4.79 Å². The molecule has 1 aromatic rings. The molecule has 0 unspecified atom stereocenters. The summed E-state index contributed by atoms with van der Waals surface area (Å²) in [4.78, 5) is 15.3. The molecule has 0 aromatic carbocycles. The van der Waals surface area contributed by atoms with E-state index in [1.807, 2.05) is 6.92 Å². The molecule has 1 N–H and O–H groups in total. The number of nitrogens with zero attached hydrogens (tertiary/aromatic N) is 1. The average Bonchev–Trinajstić information content (AvgIpc) is 2.65. The molecule has 0 atom stereocenters. The lowest BCUT2D eigenvalue weighted by Gasteiger charge is -2.25. The van der Waals surface area contributed by atoms with Gasteiger partial charge in [0.15, 0.2) is 0 Å². The minimum Gasteiger partial charge on any atom is -0.481 e. The van der Waals surface area contributed by atoms with E-state index in [-0.39, 0.29) is 5.92 Å². The molecule has 0 aliphatic heterocycles. The molecule has 0 saturated heterocycles. The number of thiazole rings is 1. The molecule has 1 aromatic heterocycles. The van der Waals surface area contributed by atoms with Crippen LogP contribution in [0, 0.1) is 18.8 Å². The van der Waals surface area contributed by atoms with E-state index in [4.69, 9.17) is 5.11 Å². The van der Waals surface area contributed by atoms with Crippen LogP contribution in [0.4, 0.5) is 0 Å². The molecule has 1 fully saturated rings. The normalized spacial score (nSPS) is 25.6. The number of hydrogen-bond donors (Lipinski definition) is 1. The van der Waals surface area contributed by atoms with Crippen molar-refractivity contribution >= 4 is 17.3 Å². The lowest BCUT2D eigenvalue weighted by Crippen LogP contribution is -2.22. The van der Waals surface area contributed by atoms with Crippen LogP contribution in [0.2, 0.25) is 0 Å². The van der Waals surface area contributed by atoms with Crippen molar-refractivity contribution in [2.24, 2.45) is 11.8 Å². The van der Waals surface area contributed by atoms with Gasteiger partial charge < -0.3 is 5.11 Å². The largest absolute Gasteiger partial charge is 0.481 e. The fourth-order valence-corrected chi connectivity index (χ4v) is 3.04. The molecule has 4 heteroatoms. The number of aliphatic carboxylic acids is 1. The molecule has 1 aliphatic rings. The molecular formula is C12H17NO2S. The summed E-state index contributed by atoms with van der Waals surface area (Å²) in [7, 11) is 0. The van der Waals surface area contributed by atoms with Gasteiger partial charge in [-0.15, -0.1) is 11.3 Å². The van der Waals surface area contributed by atoms with Crippen molar-refractivity contribution in [3.8, 4) is 0 Å². The fraction of sp³-hybridized carbons (Fsp3) is 0.667. The van der Waals surface area contributed by atoms with Gasteiger partial charge in [0.05, 0.1) is 16.6 Å². The third-order valence-electron chi connectivity index (χ3n) is 3.36. The number of aromatic nitrogens is 1. The summed E-state index contributed by atoms with van der Waals surface area (Å²) < 4.78 is 0. The molecular weight excluding hydrogens is 222 g/mol. The first-order valence-electron chi connectivity index (χ1n) is 5.79. The summed E-state index contributed by atoms with van der Waals surface area (Å²) >= 11 is 1.69. The quantitative estimate of drug-likeness (QED) is 0.882. The molecule has 0 radical (unpaired) electrons. The zero-order valence-corrected chi connectivity index (χ0v) is 10.3. The van der Waals surface area contributed by atoms with Crippen molar-refractivity contribution in [1.29, 1.82) is 0 Å². The molecule has 0 amide bonds. The predicted molar refractivity (Wildman–Crippen MR) is 63.6 cm³/mol. The van der Waals surface area contributed by atoms with Crippen LogP contribution in [0.15, 0.2) is 5.38 Å². The molecule has 1 saturated carbocycles. The number of aryl methyl sites for hydroxylation is 1. The van der Waals surface area contributed by atoms with Gasteiger partial charge in [0.1, 0.15) is 0 Å². The van der Waals surface area contributed by atoms with E-state index in [0.29, 0.717) is 5.92 Å². The van der Waals surface area contributed by atoms with Gasteiger partial charge in [-0.1, -0.05) is 0 Å². The Morgan fingerprint density at radius 1 is 1.50 bits per heavy atom. The van der Waals surface area contributed by atoms with Crippen molar-refractivity contribution in [3.63, 3.8) is 0 Å². The molecule has 0 bridgehead atoms. The highest BCUT2D eigenvalue weighted by Crippen LogP contribution is 2.31. The van der Waals surface area contributed by atoms with Crippen LogP contribution < -0.4 is 0 Å². The maximum Gasteiger partial charge on any atom is 0.306 e. The first-order valence-corrected chi connectivity index (χ1v) is 6.67. The summed E-state index contributed by atoms with van der Waals surface area (Å²) in [6.07, 6.45) is 4.77. The van der Waals surface area contributed by atoms with Crippen molar-refractivity contribution in [1.82, 2.24) is 4.98 Å². The Bertz CT molecular complexity index is 367. The van der Waals surface area contributed by atoms with Crippen LogP contribution in [0.25, 0.3) is 0 Å². The Hall–Kier alpha value is -0.900. The van der Waals surface area contributed by atoms with Crippen molar-refractivity contribution < 1.29 is 9.90 Å². The number of carboxylic acids is 1. The summed E-state index contributed by atoms with van der Waals surface area (Å²) in [5.41, 5.74) is 1.18. The minimum atomic E-state index is -0.622. The fourth-order valence-electron chi connectivity index (χ4n) is 2.41. The van der Waals surface area contributed by atoms with Crippen molar-refractivity contribution in [2.45, 2.75) is 39.0 Å². The van der Waals surface area contributed by atoms with E-state index in [0.717, 1.165) is 37.1 Å². The monoisotopic (exact) mass is 239 g/mol. The first-order chi connectivity index (χ1) is 7.65. The van der Waals surface area contributed by atoms with E-state index in [1.54, 1.807) is 11.3 Å². The van der Waals surface area contributed by atoms with Gasteiger partial charge in [0.25, 0.3) is 0 Å². The van der Waals surface area contributed by atoms with Gasteiger partial charge in [0, 0.05) is 5.38 Å². The lowest BCUT2D eigenvalue weighted by molar-refractivity contribution is -0.143. The summed E-state index contributed by atoms with van der Waals surface area (Å²) in [5, 5.41) is 12.2. The third kappa shape index (κ3) is 2.82. The molecule has 0 spiro atoms. The van der Waals surface area contributed by atoms with E-state index < -0.39 is 5.97 Å². The smallest absolute Gasteiger partial charge is 0.306 e. The lowest BCUT2D eigenvalue weighted by atomic mass is 9.80. The highest BCUT2D eigenvalue weighted by molar-refractivity contribution is 7.09. The SMILES string of the molecule is Cc1nc(C[C@H]2CC[C@H](C(=O)O)CC2)cs1. The Labute approximate surface area is 99.5 Å². The zero-order chi connectivity index (χ0) is 11.5. The average molecular weight is 239 g/mol. The van der Waals surface area contributed by atoms with Gasteiger partial charge in [0.2, 0.25) is 0 Å². The number of carboxylic acid groups (broad SMARTS) is 1. The second-order valence-corrected chi connectivity index (χ2v) is 5.68. The Kier molecular flexibility index (Phi) is 3.59. The summed E-state index contributed by atoms with van der Waals surface area (Å²) in [5.74, 6) is -0.0894. The molecule has 88 valence electrons. The van der Waals surface area contributed by atoms with Gasteiger partial charge in [-0.2, -0.15) is 0 Å². The second kappa shape index (κ2) is 4.95. The Balaban J connectivity index is 1.83. The summed E-state index contributed by atoms with van der Waals surface area (Å²) in [6.45, 7) is 2.02. The minimum absolute atomic E-state index is 0.103. The third-order valence-corrected chi connectivity index (χ3v) is 4.18. The molecule has 3 nitrogen and oxygen atoms in total. The maximum absolute atomic E-state index is 10.8. The van der Waals surface area contributed by atoms with Gasteiger partial charge >= 0.3 is 5.97 Å². The number of rotatable bonds is 3. The van der Waals surface area contributed by atoms with Crippen LogP contribution in [-0.4, -0.2) is 16.1 Å². The number of carbonyl (C=O) groups is 1. The maximum atomic E-state index is 10.8. The second-order valence-electron chi connectivity index (χ2n) is 4.62. The van der Waals surface area contributed by atoms with E-state index in [1.165, 1.54) is 5.69 Å². The topological polar surface area (TPSA) is 50.2 Å². The Morgan fingerprint density at radius 2 is 2.19 bits per heavy atom.